The Kier molecular flexibility index (Phi) is 6.88. The molecular weight excluding hydrogens is 480 g/mol. The van der Waals surface area contributed by atoms with Crippen LogP contribution in [-0.4, -0.2) is 88.3 Å². The molecule has 4 unspecified atom stereocenters. The molecule has 2 amide bonds. The minimum Gasteiger partial charge on any atom is -0.393 e. The zero-order chi connectivity index (χ0) is 26.4. The average Bonchev–Trinajstić information content (AvgIpc) is 3.13. The lowest BCUT2D eigenvalue weighted by atomic mass is 9.92. The molecule has 2 fully saturated rings. The number of carbonyl (C=O) groups excluding carboxylic acids is 2. The lowest BCUT2D eigenvalue weighted by molar-refractivity contribution is 0.0286. The standard InChI is InChI=1S/C30H38N4O4/c1-2-32-11-12-33(18-28(36)26-13-19-5-3-4-6-21(19)17-31-26)30(38)25-10-7-20(14-27(25)32)29(37)34-22-8-9-23(34)16-24(35)15-22/h3-7,10,14,22-24,26,28,31,35-36H,2,8-9,11-13,15-18H2,1H3. The van der Waals surface area contributed by atoms with E-state index in [-0.39, 0.29) is 42.6 Å². The van der Waals surface area contributed by atoms with Crippen molar-refractivity contribution in [1.82, 2.24) is 15.1 Å². The van der Waals surface area contributed by atoms with E-state index >= 15 is 0 Å². The molecule has 0 spiro atoms. The minimum absolute atomic E-state index is 0.00381. The Morgan fingerprint density at radius 2 is 1.76 bits per heavy atom. The molecule has 0 aliphatic carbocycles. The van der Waals surface area contributed by atoms with E-state index in [4.69, 9.17) is 0 Å². The van der Waals surface area contributed by atoms with Gasteiger partial charge in [0.2, 0.25) is 0 Å². The van der Waals surface area contributed by atoms with Crippen LogP contribution in [0.3, 0.4) is 0 Å². The number of amides is 2. The van der Waals surface area contributed by atoms with Crippen LogP contribution in [0.1, 0.15) is 64.4 Å². The normalized spacial score (nSPS) is 27.6. The Morgan fingerprint density at radius 3 is 2.50 bits per heavy atom. The highest BCUT2D eigenvalue weighted by atomic mass is 16.3. The number of hydrogen-bond donors (Lipinski definition) is 3. The number of rotatable bonds is 5. The molecule has 38 heavy (non-hydrogen) atoms. The molecule has 2 aromatic carbocycles. The Hall–Kier alpha value is -2.94. The van der Waals surface area contributed by atoms with Gasteiger partial charge in [0.05, 0.1) is 23.5 Å². The van der Waals surface area contributed by atoms with E-state index in [1.165, 1.54) is 11.1 Å². The lowest BCUT2D eigenvalue weighted by Crippen LogP contribution is -2.50. The molecule has 4 heterocycles. The van der Waals surface area contributed by atoms with Crippen molar-refractivity contribution in [2.45, 2.75) is 75.9 Å². The predicted molar refractivity (Wildman–Crippen MR) is 145 cm³/mol. The smallest absolute Gasteiger partial charge is 0.256 e. The van der Waals surface area contributed by atoms with Crippen molar-refractivity contribution in [2.24, 2.45) is 0 Å². The molecule has 0 saturated carbocycles. The first kappa shape index (κ1) is 25.3. The molecule has 202 valence electrons. The van der Waals surface area contributed by atoms with Crippen molar-refractivity contribution in [3.05, 3.63) is 64.7 Å². The molecule has 2 aromatic rings. The number of carbonyl (C=O) groups is 2. The molecule has 2 saturated heterocycles. The van der Waals surface area contributed by atoms with Gasteiger partial charge in [0.1, 0.15) is 0 Å². The minimum atomic E-state index is -0.685. The van der Waals surface area contributed by atoms with E-state index in [0.29, 0.717) is 43.6 Å². The second kappa shape index (κ2) is 10.3. The number of fused-ring (bicyclic) bond motifs is 4. The monoisotopic (exact) mass is 518 g/mol. The van der Waals surface area contributed by atoms with Crippen LogP contribution in [-0.2, 0) is 13.0 Å². The maximum absolute atomic E-state index is 13.7. The van der Waals surface area contributed by atoms with Crippen molar-refractivity contribution in [3.63, 3.8) is 0 Å². The molecule has 0 aromatic heterocycles. The van der Waals surface area contributed by atoms with Crippen LogP contribution in [0.4, 0.5) is 5.69 Å². The van der Waals surface area contributed by atoms with E-state index in [2.05, 4.69) is 29.3 Å². The summed E-state index contributed by atoms with van der Waals surface area (Å²) in [5, 5.41) is 24.7. The van der Waals surface area contributed by atoms with Gasteiger partial charge in [0.15, 0.2) is 0 Å². The van der Waals surface area contributed by atoms with Crippen molar-refractivity contribution < 1.29 is 19.8 Å². The number of aliphatic hydroxyl groups excluding tert-OH is 2. The molecule has 3 N–H and O–H groups in total. The first-order chi connectivity index (χ1) is 18.4. The molecule has 4 atom stereocenters. The summed E-state index contributed by atoms with van der Waals surface area (Å²) in [7, 11) is 0. The summed E-state index contributed by atoms with van der Waals surface area (Å²) in [5.41, 5.74) is 4.46. The van der Waals surface area contributed by atoms with Gasteiger partial charge in [-0.1, -0.05) is 24.3 Å². The average molecular weight is 519 g/mol. The molecule has 8 heteroatoms. The van der Waals surface area contributed by atoms with Gasteiger partial charge in [0, 0.05) is 56.4 Å². The number of nitrogens with zero attached hydrogens (tertiary/aromatic N) is 3. The maximum Gasteiger partial charge on any atom is 0.256 e. The number of piperidine rings is 1. The van der Waals surface area contributed by atoms with Gasteiger partial charge in [-0.25, -0.2) is 0 Å². The number of nitrogens with one attached hydrogen (secondary N) is 1. The zero-order valence-corrected chi connectivity index (χ0v) is 22.1. The van der Waals surface area contributed by atoms with Gasteiger partial charge in [-0.2, -0.15) is 0 Å². The van der Waals surface area contributed by atoms with E-state index in [0.717, 1.165) is 31.5 Å². The third-order valence-corrected chi connectivity index (χ3v) is 9.05. The second-order valence-corrected chi connectivity index (χ2v) is 11.3. The van der Waals surface area contributed by atoms with Gasteiger partial charge in [0.25, 0.3) is 11.8 Å². The van der Waals surface area contributed by atoms with Crippen LogP contribution in [0.5, 0.6) is 0 Å². The van der Waals surface area contributed by atoms with E-state index < -0.39 is 6.10 Å². The topological polar surface area (TPSA) is 96.3 Å². The van der Waals surface area contributed by atoms with Crippen LogP contribution in [0.15, 0.2) is 42.5 Å². The van der Waals surface area contributed by atoms with Crippen LogP contribution in [0, 0.1) is 0 Å². The van der Waals surface area contributed by atoms with Crippen LogP contribution < -0.4 is 10.2 Å². The van der Waals surface area contributed by atoms with Gasteiger partial charge >= 0.3 is 0 Å². The Morgan fingerprint density at radius 1 is 1.05 bits per heavy atom. The fourth-order valence-corrected chi connectivity index (χ4v) is 6.98. The summed E-state index contributed by atoms with van der Waals surface area (Å²) in [5.74, 6) is -0.109. The molecule has 4 aliphatic rings. The third-order valence-electron chi connectivity index (χ3n) is 9.05. The Balaban J connectivity index is 1.20. The molecule has 8 nitrogen and oxygen atoms in total. The highest BCUT2D eigenvalue weighted by Crippen LogP contribution is 2.37. The zero-order valence-electron chi connectivity index (χ0n) is 22.1. The van der Waals surface area contributed by atoms with Crippen molar-refractivity contribution >= 4 is 17.5 Å². The summed E-state index contributed by atoms with van der Waals surface area (Å²) in [4.78, 5) is 33.2. The Bertz CT molecular complexity index is 1200. The van der Waals surface area contributed by atoms with E-state index in [9.17, 15) is 19.8 Å². The molecule has 2 bridgehead atoms. The number of aliphatic hydroxyl groups is 2. The van der Waals surface area contributed by atoms with Crippen LogP contribution in [0.2, 0.25) is 0 Å². The predicted octanol–water partition coefficient (Wildman–Crippen LogP) is 2.17. The summed E-state index contributed by atoms with van der Waals surface area (Å²) >= 11 is 0. The van der Waals surface area contributed by atoms with Crippen molar-refractivity contribution in [2.75, 3.05) is 31.1 Å². The quantitative estimate of drug-likeness (QED) is 0.562. The van der Waals surface area contributed by atoms with E-state index in [1.54, 1.807) is 17.0 Å². The SMILES string of the molecule is CCN1CCN(CC(O)C2Cc3ccccc3CN2)C(=O)c2ccc(C(=O)N3C4CCC3CC(O)C4)cc21. The van der Waals surface area contributed by atoms with Gasteiger partial charge in [-0.3, -0.25) is 9.59 Å². The number of likely N-dealkylation sites (N-methyl/N-ethyl adjacent to an activating group) is 1. The number of benzene rings is 2. The van der Waals surface area contributed by atoms with Crippen LogP contribution in [0.25, 0.3) is 0 Å². The molecule has 4 aliphatic heterocycles. The molecular formula is C30H38N4O4. The van der Waals surface area contributed by atoms with Gasteiger partial charge in [-0.15, -0.1) is 0 Å². The number of hydrogen-bond acceptors (Lipinski definition) is 6. The van der Waals surface area contributed by atoms with Gasteiger partial charge in [-0.05, 0) is 68.4 Å². The highest BCUT2D eigenvalue weighted by molar-refractivity contribution is 6.03. The summed E-state index contributed by atoms with van der Waals surface area (Å²) in [6.07, 6.45) is 2.90. The maximum atomic E-state index is 13.7. The van der Waals surface area contributed by atoms with E-state index in [1.807, 2.05) is 23.1 Å². The fraction of sp³-hybridized carbons (Fsp3) is 0.533. The summed E-state index contributed by atoms with van der Waals surface area (Å²) < 4.78 is 0. The highest BCUT2D eigenvalue weighted by Gasteiger charge is 2.43. The fourth-order valence-electron chi connectivity index (χ4n) is 6.98. The first-order valence-corrected chi connectivity index (χ1v) is 14.1. The van der Waals surface area contributed by atoms with Crippen LogP contribution >= 0.6 is 0 Å². The third kappa shape index (κ3) is 4.59. The van der Waals surface area contributed by atoms with Gasteiger partial charge < -0.3 is 30.2 Å². The lowest BCUT2D eigenvalue weighted by Gasteiger charge is -2.37. The second-order valence-electron chi connectivity index (χ2n) is 11.3. The van der Waals surface area contributed by atoms with Crippen molar-refractivity contribution in [3.8, 4) is 0 Å². The largest absolute Gasteiger partial charge is 0.393 e. The first-order valence-electron chi connectivity index (χ1n) is 14.1. The van der Waals surface area contributed by atoms with Crippen molar-refractivity contribution in [1.29, 1.82) is 0 Å². The Labute approximate surface area is 224 Å². The summed E-state index contributed by atoms with van der Waals surface area (Å²) in [6, 6.07) is 13.8. The number of β-amino-alcohol motifs (C(OH)–C–C–N with tert-alkyl or cyclic N) is 1. The summed E-state index contributed by atoms with van der Waals surface area (Å²) in [6.45, 7) is 4.91. The number of anilines is 1. The molecule has 0 radical (unpaired) electrons. The molecule has 6 rings (SSSR count).